The first-order chi connectivity index (χ1) is 10.5. The molecule has 7 heteroatoms. The summed E-state index contributed by atoms with van der Waals surface area (Å²) in [7, 11) is 1.54. The second-order valence-electron chi connectivity index (χ2n) is 4.51. The van der Waals surface area contributed by atoms with Crippen molar-refractivity contribution < 1.29 is 9.90 Å². The highest BCUT2D eigenvalue weighted by molar-refractivity contribution is 6.36. The molecular weight excluding hydrogens is 325 g/mol. The number of anilines is 1. The van der Waals surface area contributed by atoms with E-state index >= 15 is 0 Å². The minimum absolute atomic E-state index is 0.116. The van der Waals surface area contributed by atoms with Crippen LogP contribution < -0.4 is 10.6 Å². The van der Waals surface area contributed by atoms with E-state index in [-0.39, 0.29) is 12.5 Å². The van der Waals surface area contributed by atoms with Crippen LogP contribution in [0.1, 0.15) is 22.0 Å². The van der Waals surface area contributed by atoms with Crippen LogP contribution in [-0.4, -0.2) is 29.6 Å². The molecule has 116 valence electrons. The van der Waals surface area contributed by atoms with Gasteiger partial charge in [-0.1, -0.05) is 29.3 Å². The predicted octanol–water partition coefficient (Wildman–Crippen LogP) is 2.89. The summed E-state index contributed by atoms with van der Waals surface area (Å²) in [6.45, 7) is 0.116. The van der Waals surface area contributed by atoms with E-state index in [2.05, 4.69) is 15.6 Å². The molecule has 3 N–H and O–H groups in total. The molecule has 2 aromatic rings. The number of aliphatic hydroxyl groups excluding tert-OH is 1. The summed E-state index contributed by atoms with van der Waals surface area (Å²) < 4.78 is 0. The molecule has 0 fully saturated rings. The Kier molecular flexibility index (Phi) is 5.60. The molecule has 1 atom stereocenters. The van der Waals surface area contributed by atoms with Crippen molar-refractivity contribution in [2.45, 2.75) is 6.10 Å². The van der Waals surface area contributed by atoms with Gasteiger partial charge in [0.25, 0.3) is 5.91 Å². The van der Waals surface area contributed by atoms with E-state index in [9.17, 15) is 9.90 Å². The van der Waals surface area contributed by atoms with Gasteiger partial charge in [-0.15, -0.1) is 0 Å². The minimum Gasteiger partial charge on any atom is -0.386 e. The standard InChI is InChI=1S/C15H15Cl2N3O2/c1-18-15(22)9-4-3-7-19-14(9)20-8-12(21)13-10(16)5-2-6-11(13)17/h2-7,12,21H,8H2,1H3,(H,18,22)(H,19,20). The summed E-state index contributed by atoms with van der Waals surface area (Å²) in [4.78, 5) is 15.9. The molecule has 1 aromatic carbocycles. The maximum Gasteiger partial charge on any atom is 0.254 e. The van der Waals surface area contributed by atoms with Gasteiger partial charge in [-0.05, 0) is 24.3 Å². The van der Waals surface area contributed by atoms with Gasteiger partial charge < -0.3 is 15.7 Å². The number of rotatable bonds is 5. The number of nitrogens with one attached hydrogen (secondary N) is 2. The number of aliphatic hydroxyl groups is 1. The molecule has 0 aliphatic heterocycles. The topological polar surface area (TPSA) is 74.2 Å². The number of nitrogens with zero attached hydrogens (tertiary/aromatic N) is 1. The van der Waals surface area contributed by atoms with E-state index in [1.807, 2.05) is 0 Å². The molecule has 0 saturated heterocycles. The minimum atomic E-state index is -0.930. The Morgan fingerprint density at radius 2 is 1.95 bits per heavy atom. The average molecular weight is 340 g/mol. The van der Waals surface area contributed by atoms with Gasteiger partial charge in [-0.25, -0.2) is 4.98 Å². The molecule has 0 aliphatic rings. The van der Waals surface area contributed by atoms with Crippen LogP contribution in [0.15, 0.2) is 36.5 Å². The molecular formula is C15H15Cl2N3O2. The van der Waals surface area contributed by atoms with E-state index < -0.39 is 6.10 Å². The molecule has 0 radical (unpaired) electrons. The highest BCUT2D eigenvalue weighted by atomic mass is 35.5. The van der Waals surface area contributed by atoms with E-state index in [0.29, 0.717) is 27.0 Å². The van der Waals surface area contributed by atoms with E-state index in [1.54, 1.807) is 36.5 Å². The van der Waals surface area contributed by atoms with Crippen LogP contribution in [0.2, 0.25) is 10.0 Å². The number of halogens is 2. The van der Waals surface area contributed by atoms with E-state index in [0.717, 1.165) is 0 Å². The zero-order valence-electron chi connectivity index (χ0n) is 11.8. The molecule has 1 unspecified atom stereocenters. The Hall–Kier alpha value is -1.82. The zero-order chi connectivity index (χ0) is 16.1. The molecule has 0 bridgehead atoms. The lowest BCUT2D eigenvalue weighted by Crippen LogP contribution is -2.21. The van der Waals surface area contributed by atoms with Gasteiger partial charge in [0.15, 0.2) is 0 Å². The number of pyridine rings is 1. The van der Waals surface area contributed by atoms with Crippen molar-refractivity contribution in [2.24, 2.45) is 0 Å². The van der Waals surface area contributed by atoms with Crippen LogP contribution in [0, 0.1) is 0 Å². The first-order valence-corrected chi connectivity index (χ1v) is 7.33. The monoisotopic (exact) mass is 339 g/mol. The van der Waals surface area contributed by atoms with Gasteiger partial charge in [0.2, 0.25) is 0 Å². The number of carbonyl (C=O) groups excluding carboxylic acids is 1. The average Bonchev–Trinajstić information content (AvgIpc) is 2.52. The number of hydrogen-bond acceptors (Lipinski definition) is 4. The summed E-state index contributed by atoms with van der Waals surface area (Å²) >= 11 is 12.1. The van der Waals surface area contributed by atoms with Crippen molar-refractivity contribution in [1.82, 2.24) is 10.3 Å². The summed E-state index contributed by atoms with van der Waals surface area (Å²) in [6, 6.07) is 8.32. The van der Waals surface area contributed by atoms with Gasteiger partial charge in [0, 0.05) is 35.4 Å². The second-order valence-corrected chi connectivity index (χ2v) is 5.33. The fourth-order valence-corrected chi connectivity index (χ4v) is 2.64. The fourth-order valence-electron chi connectivity index (χ4n) is 1.99. The highest BCUT2D eigenvalue weighted by Gasteiger charge is 2.17. The fraction of sp³-hybridized carbons (Fsp3) is 0.200. The van der Waals surface area contributed by atoms with Gasteiger partial charge in [-0.2, -0.15) is 0 Å². The van der Waals surface area contributed by atoms with Crippen LogP contribution in [-0.2, 0) is 0 Å². The Labute approximate surface area is 138 Å². The van der Waals surface area contributed by atoms with E-state index in [4.69, 9.17) is 23.2 Å². The molecule has 22 heavy (non-hydrogen) atoms. The van der Waals surface area contributed by atoms with Gasteiger partial charge >= 0.3 is 0 Å². The van der Waals surface area contributed by atoms with Gasteiger partial charge in [0.1, 0.15) is 5.82 Å². The number of amides is 1. The number of benzene rings is 1. The summed E-state index contributed by atoms with van der Waals surface area (Å²) in [5, 5.41) is 16.5. The van der Waals surface area contributed by atoms with Crippen LogP contribution in [0.25, 0.3) is 0 Å². The lowest BCUT2D eigenvalue weighted by molar-refractivity contribution is 0.0963. The molecule has 1 aromatic heterocycles. The van der Waals surface area contributed by atoms with Crippen molar-refractivity contribution >= 4 is 34.9 Å². The molecule has 1 heterocycles. The third-order valence-electron chi connectivity index (χ3n) is 3.08. The molecule has 1 amide bonds. The van der Waals surface area contributed by atoms with Crippen molar-refractivity contribution in [3.63, 3.8) is 0 Å². The Balaban J connectivity index is 2.15. The van der Waals surface area contributed by atoms with Crippen molar-refractivity contribution in [3.8, 4) is 0 Å². The lowest BCUT2D eigenvalue weighted by atomic mass is 10.1. The predicted molar refractivity (Wildman–Crippen MR) is 87.5 cm³/mol. The molecule has 5 nitrogen and oxygen atoms in total. The molecule has 0 aliphatic carbocycles. The van der Waals surface area contributed by atoms with Gasteiger partial charge in [0.05, 0.1) is 11.7 Å². The van der Waals surface area contributed by atoms with Crippen molar-refractivity contribution in [1.29, 1.82) is 0 Å². The maximum absolute atomic E-state index is 11.8. The number of carbonyl (C=O) groups is 1. The van der Waals surface area contributed by atoms with Crippen LogP contribution in [0.5, 0.6) is 0 Å². The Morgan fingerprint density at radius 1 is 1.27 bits per heavy atom. The number of aromatic nitrogens is 1. The first kappa shape index (κ1) is 16.5. The molecule has 0 saturated carbocycles. The summed E-state index contributed by atoms with van der Waals surface area (Å²) in [5.41, 5.74) is 0.832. The number of hydrogen-bond donors (Lipinski definition) is 3. The van der Waals surface area contributed by atoms with Crippen molar-refractivity contribution in [3.05, 3.63) is 57.7 Å². The van der Waals surface area contributed by atoms with Crippen LogP contribution >= 0.6 is 23.2 Å². The smallest absolute Gasteiger partial charge is 0.254 e. The third-order valence-corrected chi connectivity index (χ3v) is 3.73. The van der Waals surface area contributed by atoms with Crippen LogP contribution in [0.4, 0.5) is 5.82 Å². The lowest BCUT2D eigenvalue weighted by Gasteiger charge is -2.16. The van der Waals surface area contributed by atoms with Crippen molar-refractivity contribution in [2.75, 3.05) is 18.9 Å². The quantitative estimate of drug-likeness (QED) is 0.782. The Morgan fingerprint density at radius 3 is 2.59 bits per heavy atom. The Bertz CT molecular complexity index is 659. The molecule has 0 spiro atoms. The van der Waals surface area contributed by atoms with Crippen LogP contribution in [0.3, 0.4) is 0 Å². The summed E-state index contributed by atoms with van der Waals surface area (Å²) in [6.07, 6.45) is 0.629. The molecule has 2 rings (SSSR count). The largest absolute Gasteiger partial charge is 0.386 e. The highest BCUT2D eigenvalue weighted by Crippen LogP contribution is 2.30. The second kappa shape index (κ2) is 7.45. The van der Waals surface area contributed by atoms with Gasteiger partial charge in [-0.3, -0.25) is 4.79 Å². The first-order valence-electron chi connectivity index (χ1n) is 6.57. The normalized spacial score (nSPS) is 11.8. The zero-order valence-corrected chi connectivity index (χ0v) is 13.3. The SMILES string of the molecule is CNC(=O)c1cccnc1NCC(O)c1c(Cl)cccc1Cl. The maximum atomic E-state index is 11.8. The third kappa shape index (κ3) is 3.68. The van der Waals surface area contributed by atoms with E-state index in [1.165, 1.54) is 7.05 Å². The summed E-state index contributed by atoms with van der Waals surface area (Å²) in [5.74, 6) is 0.116.